The summed E-state index contributed by atoms with van der Waals surface area (Å²) in [7, 11) is -3.78. The van der Waals surface area contributed by atoms with Gasteiger partial charge < -0.3 is 15.5 Å². The summed E-state index contributed by atoms with van der Waals surface area (Å²) in [5.41, 5.74) is 1.74. The Morgan fingerprint density at radius 2 is 1.64 bits per heavy atom. The zero-order chi connectivity index (χ0) is 32.1. The highest BCUT2D eigenvalue weighted by Gasteiger charge is 2.35. The maximum atomic E-state index is 14.3. The van der Waals surface area contributed by atoms with Gasteiger partial charge in [-0.3, -0.25) is 14.5 Å². The van der Waals surface area contributed by atoms with Crippen LogP contribution in [-0.4, -0.2) is 68.9 Å². The highest BCUT2D eigenvalue weighted by atomic mass is 32.2. The van der Waals surface area contributed by atoms with E-state index in [0.717, 1.165) is 32.1 Å². The molecule has 0 radical (unpaired) electrons. The van der Waals surface area contributed by atoms with Crippen LogP contribution in [0.1, 0.15) is 57.6 Å². The van der Waals surface area contributed by atoms with E-state index in [-0.39, 0.29) is 34.5 Å². The first kappa shape index (κ1) is 31.9. The Hall–Kier alpha value is -4.49. The number of benzene rings is 3. The van der Waals surface area contributed by atoms with Crippen LogP contribution >= 0.6 is 0 Å². The predicted molar refractivity (Wildman–Crippen MR) is 169 cm³/mol. The average Bonchev–Trinajstić information content (AvgIpc) is 3.44. The Labute approximate surface area is 262 Å². The molecule has 0 saturated heterocycles. The highest BCUT2D eigenvalue weighted by Crippen LogP contribution is 2.35. The Balaban J connectivity index is 1.61. The Morgan fingerprint density at radius 3 is 2.31 bits per heavy atom. The molecule has 12 nitrogen and oxygen atoms in total. The standard InChI is InChI=1S/C32H38N6O6S/c1-3-36(4-2)45(43,44)25-17-15-24(16-18-25)38(30(41)21-37-27-13-9-8-12-26(27)34-35-37)31(22-14-19-28(39)29(40)20-22)32(42)33-23-10-6-5-7-11-23/h8-9,12-20,23,31,39-40H,3-7,10-11,21H2,1-2H3,(H,33,42)/t31-/m0/s1. The van der Waals surface area contributed by atoms with Crippen LogP contribution in [0.25, 0.3) is 11.0 Å². The molecule has 5 rings (SSSR count). The van der Waals surface area contributed by atoms with E-state index in [4.69, 9.17) is 0 Å². The Morgan fingerprint density at radius 1 is 0.956 bits per heavy atom. The van der Waals surface area contributed by atoms with E-state index in [1.165, 1.54) is 56.4 Å². The first-order chi connectivity index (χ1) is 21.6. The second kappa shape index (κ2) is 13.7. The second-order valence-corrected chi connectivity index (χ2v) is 13.0. The summed E-state index contributed by atoms with van der Waals surface area (Å²) in [6, 6.07) is 15.6. The number of nitrogens with zero attached hydrogens (tertiary/aromatic N) is 5. The lowest BCUT2D eigenvalue weighted by molar-refractivity contribution is -0.127. The molecule has 1 aliphatic rings. The van der Waals surface area contributed by atoms with E-state index in [1.54, 1.807) is 32.0 Å². The number of rotatable bonds is 11. The van der Waals surface area contributed by atoms with Crippen LogP contribution in [0, 0.1) is 0 Å². The van der Waals surface area contributed by atoms with Crippen molar-refractivity contribution in [2.75, 3.05) is 18.0 Å². The number of hydrogen-bond donors (Lipinski definition) is 3. The van der Waals surface area contributed by atoms with Crippen molar-refractivity contribution in [3.05, 3.63) is 72.3 Å². The molecule has 1 atom stereocenters. The van der Waals surface area contributed by atoms with E-state index < -0.39 is 33.6 Å². The molecule has 1 aromatic heterocycles. The van der Waals surface area contributed by atoms with Crippen LogP contribution in [0.15, 0.2) is 71.6 Å². The molecular weight excluding hydrogens is 596 g/mol. The number of aromatic hydroxyl groups is 2. The molecule has 2 amide bonds. The molecule has 1 heterocycles. The van der Waals surface area contributed by atoms with Crippen molar-refractivity contribution < 1.29 is 28.2 Å². The fourth-order valence-corrected chi connectivity index (χ4v) is 7.28. The van der Waals surface area contributed by atoms with Gasteiger partial charge in [-0.15, -0.1) is 5.10 Å². The molecule has 13 heteroatoms. The number of aromatic nitrogens is 3. The maximum absolute atomic E-state index is 14.3. The van der Waals surface area contributed by atoms with Crippen molar-refractivity contribution in [3.8, 4) is 11.5 Å². The third kappa shape index (κ3) is 6.79. The number of sulfonamides is 1. The normalized spacial score (nSPS) is 14.8. The summed E-state index contributed by atoms with van der Waals surface area (Å²) in [6.07, 6.45) is 4.63. The predicted octanol–water partition coefficient (Wildman–Crippen LogP) is 4.10. The maximum Gasteiger partial charge on any atom is 0.249 e. The van der Waals surface area contributed by atoms with Crippen molar-refractivity contribution in [1.29, 1.82) is 0 Å². The molecule has 1 saturated carbocycles. The number of para-hydroxylation sites is 1. The van der Waals surface area contributed by atoms with Crippen molar-refractivity contribution in [2.45, 2.75) is 69.5 Å². The number of anilines is 1. The van der Waals surface area contributed by atoms with Crippen LogP contribution in [-0.2, 0) is 26.2 Å². The molecule has 0 unspecified atom stereocenters. The SMILES string of the molecule is CCN(CC)S(=O)(=O)c1ccc(N(C(=O)Cn2nnc3ccccc32)[C@H](C(=O)NC2CCCCC2)c2ccc(O)c(O)c2)cc1. The molecule has 0 bridgehead atoms. The van der Waals surface area contributed by atoms with Gasteiger partial charge in [0.2, 0.25) is 21.8 Å². The minimum Gasteiger partial charge on any atom is -0.504 e. The van der Waals surface area contributed by atoms with E-state index in [1.807, 2.05) is 6.07 Å². The molecular formula is C32H38N6O6S. The van der Waals surface area contributed by atoms with Crippen molar-refractivity contribution in [1.82, 2.24) is 24.6 Å². The number of amides is 2. The Bertz CT molecular complexity index is 1760. The minimum atomic E-state index is -3.78. The number of fused-ring (bicyclic) bond motifs is 1. The zero-order valence-corrected chi connectivity index (χ0v) is 26.2. The Kier molecular flexibility index (Phi) is 9.68. The topological polar surface area (TPSA) is 158 Å². The molecule has 45 heavy (non-hydrogen) atoms. The number of hydrogen-bond acceptors (Lipinski definition) is 8. The van der Waals surface area contributed by atoms with Crippen molar-refractivity contribution in [3.63, 3.8) is 0 Å². The van der Waals surface area contributed by atoms with Crippen LogP contribution in [0.5, 0.6) is 11.5 Å². The van der Waals surface area contributed by atoms with Gasteiger partial charge >= 0.3 is 0 Å². The highest BCUT2D eigenvalue weighted by molar-refractivity contribution is 7.89. The second-order valence-electron chi connectivity index (χ2n) is 11.1. The fraction of sp³-hybridized carbons (Fsp3) is 0.375. The first-order valence-corrected chi connectivity index (χ1v) is 16.6. The number of nitrogens with one attached hydrogen (secondary N) is 1. The molecule has 3 aromatic carbocycles. The minimum absolute atomic E-state index is 0.0510. The van der Waals surface area contributed by atoms with E-state index >= 15 is 0 Å². The van der Waals surface area contributed by atoms with Gasteiger partial charge in [-0.25, -0.2) is 13.1 Å². The number of carbonyl (C=O) groups is 2. The molecule has 238 valence electrons. The molecule has 0 spiro atoms. The van der Waals surface area contributed by atoms with Crippen molar-refractivity contribution in [2.24, 2.45) is 0 Å². The molecule has 4 aromatic rings. The van der Waals surface area contributed by atoms with Gasteiger partial charge in [0, 0.05) is 24.8 Å². The van der Waals surface area contributed by atoms with Crippen LogP contribution < -0.4 is 10.2 Å². The quantitative estimate of drug-likeness (QED) is 0.208. The summed E-state index contributed by atoms with van der Waals surface area (Å²) in [6.45, 7) is 3.82. The third-order valence-corrected chi connectivity index (χ3v) is 10.3. The summed E-state index contributed by atoms with van der Waals surface area (Å²) in [5.74, 6) is -1.81. The smallest absolute Gasteiger partial charge is 0.249 e. The van der Waals surface area contributed by atoms with Gasteiger partial charge in [-0.1, -0.05) is 56.5 Å². The average molecular weight is 635 g/mol. The van der Waals surface area contributed by atoms with Gasteiger partial charge in [0.05, 0.1) is 10.4 Å². The lowest BCUT2D eigenvalue weighted by atomic mass is 9.94. The summed E-state index contributed by atoms with van der Waals surface area (Å²) in [4.78, 5) is 29.8. The van der Waals surface area contributed by atoms with Crippen LogP contribution in [0.2, 0.25) is 0 Å². The molecule has 0 aliphatic heterocycles. The van der Waals surface area contributed by atoms with Gasteiger partial charge in [0.25, 0.3) is 0 Å². The fourth-order valence-electron chi connectivity index (χ4n) is 5.82. The van der Waals surface area contributed by atoms with Gasteiger partial charge in [0.1, 0.15) is 18.1 Å². The first-order valence-electron chi connectivity index (χ1n) is 15.2. The van der Waals surface area contributed by atoms with Crippen molar-refractivity contribution >= 4 is 38.6 Å². The lowest BCUT2D eigenvalue weighted by Crippen LogP contribution is -2.48. The van der Waals surface area contributed by atoms with E-state index in [0.29, 0.717) is 24.1 Å². The van der Waals surface area contributed by atoms with E-state index in [9.17, 15) is 28.2 Å². The lowest BCUT2D eigenvalue weighted by Gasteiger charge is -2.33. The number of carbonyl (C=O) groups excluding carboxylic acids is 2. The van der Waals surface area contributed by atoms with Gasteiger partial charge in [0.15, 0.2) is 11.5 Å². The largest absolute Gasteiger partial charge is 0.504 e. The summed E-state index contributed by atoms with van der Waals surface area (Å²) in [5, 5.41) is 31.9. The molecule has 1 aliphatic carbocycles. The number of phenolic OH excluding ortho intramolecular Hbond substituents is 2. The zero-order valence-electron chi connectivity index (χ0n) is 25.3. The third-order valence-electron chi connectivity index (χ3n) is 8.21. The van der Waals surface area contributed by atoms with Crippen LogP contribution in [0.4, 0.5) is 5.69 Å². The molecule has 1 fully saturated rings. The van der Waals surface area contributed by atoms with Gasteiger partial charge in [-0.2, -0.15) is 4.31 Å². The monoisotopic (exact) mass is 634 g/mol. The summed E-state index contributed by atoms with van der Waals surface area (Å²) < 4.78 is 29.2. The van der Waals surface area contributed by atoms with Crippen LogP contribution in [0.3, 0.4) is 0 Å². The summed E-state index contributed by atoms with van der Waals surface area (Å²) >= 11 is 0. The van der Waals surface area contributed by atoms with E-state index in [2.05, 4.69) is 15.6 Å². The van der Waals surface area contributed by atoms with Gasteiger partial charge in [-0.05, 0) is 66.9 Å². The molecule has 3 N–H and O–H groups in total. The number of phenols is 2.